The topological polar surface area (TPSA) is 20.2 Å². The zero-order chi connectivity index (χ0) is 15.0. The highest BCUT2D eigenvalue weighted by Crippen LogP contribution is 2.48. The fraction of sp³-hybridized carbons (Fsp3) is 0.0769. The summed E-state index contributed by atoms with van der Waals surface area (Å²) in [5, 5.41) is 9.27. The van der Waals surface area contributed by atoms with Crippen LogP contribution in [0.3, 0.4) is 0 Å². The average molecular weight is 374 g/mol. The van der Waals surface area contributed by atoms with Crippen LogP contribution in [0.15, 0.2) is 18.2 Å². The molecule has 1 N–H and O–H groups in total. The normalized spacial score (nSPS) is 10.9. The molecule has 0 aromatic heterocycles. The fourth-order valence-corrected chi connectivity index (χ4v) is 3.05. The molecule has 0 unspecified atom stereocenters. The summed E-state index contributed by atoms with van der Waals surface area (Å²) in [5.41, 5.74) is 0.832. The second-order valence-corrected chi connectivity index (χ2v) is 5.80. The monoisotopic (exact) mass is 372 g/mol. The first-order chi connectivity index (χ1) is 9.38. The number of hydrogen-bond acceptors (Lipinski definition) is 1. The summed E-state index contributed by atoms with van der Waals surface area (Å²) in [7, 11) is 0. The lowest BCUT2D eigenvalue weighted by molar-refractivity contribution is 0.276. The van der Waals surface area contributed by atoms with Crippen LogP contribution in [0.25, 0.3) is 11.1 Å². The maximum absolute atomic E-state index is 13.7. The molecule has 2 rings (SSSR count). The largest absolute Gasteiger partial charge is 0.392 e. The summed E-state index contributed by atoms with van der Waals surface area (Å²) >= 11 is 30.0. The summed E-state index contributed by atoms with van der Waals surface area (Å²) in [6.07, 6.45) is 0. The van der Waals surface area contributed by atoms with Crippen LogP contribution in [-0.2, 0) is 6.61 Å². The van der Waals surface area contributed by atoms with Gasteiger partial charge in [-0.1, -0.05) is 70.1 Å². The highest BCUT2D eigenvalue weighted by molar-refractivity contribution is 6.56. The molecule has 20 heavy (non-hydrogen) atoms. The van der Waals surface area contributed by atoms with Crippen LogP contribution in [0.1, 0.15) is 5.56 Å². The minimum atomic E-state index is -0.584. The smallest absolute Gasteiger partial charge is 0.129 e. The molecule has 0 atom stereocenters. The Morgan fingerprint density at radius 3 is 1.80 bits per heavy atom. The molecule has 0 saturated carbocycles. The summed E-state index contributed by atoms with van der Waals surface area (Å²) < 4.78 is 13.7. The van der Waals surface area contributed by atoms with Crippen LogP contribution in [0, 0.1) is 5.82 Å². The minimum Gasteiger partial charge on any atom is -0.392 e. The van der Waals surface area contributed by atoms with Gasteiger partial charge in [0.05, 0.1) is 31.7 Å². The van der Waals surface area contributed by atoms with Crippen LogP contribution < -0.4 is 0 Å². The quantitative estimate of drug-likeness (QED) is 0.486. The van der Waals surface area contributed by atoms with Crippen LogP contribution in [-0.4, -0.2) is 5.11 Å². The first-order valence-corrected chi connectivity index (χ1v) is 7.18. The van der Waals surface area contributed by atoms with Gasteiger partial charge in [-0.15, -0.1) is 0 Å². The highest BCUT2D eigenvalue weighted by atomic mass is 35.5. The molecule has 106 valence electrons. The number of hydrogen-bond donors (Lipinski definition) is 1. The molecule has 0 amide bonds. The molecular formula is C13H6Cl5FO. The van der Waals surface area contributed by atoms with Crippen molar-refractivity contribution in [1.29, 1.82) is 0 Å². The van der Waals surface area contributed by atoms with E-state index in [1.165, 1.54) is 12.1 Å². The van der Waals surface area contributed by atoms with Gasteiger partial charge in [-0.25, -0.2) is 4.39 Å². The number of aliphatic hydroxyl groups excluding tert-OH is 1. The molecule has 0 aliphatic carbocycles. The molecule has 1 nitrogen and oxygen atoms in total. The molecule has 0 bridgehead atoms. The van der Waals surface area contributed by atoms with Gasteiger partial charge in [-0.05, 0) is 11.6 Å². The van der Waals surface area contributed by atoms with Gasteiger partial charge in [0.25, 0.3) is 0 Å². The Kier molecular flexibility index (Phi) is 5.06. The lowest BCUT2D eigenvalue weighted by Crippen LogP contribution is -1.92. The summed E-state index contributed by atoms with van der Waals surface area (Å²) in [6.45, 7) is -0.407. The molecule has 0 aliphatic heterocycles. The Labute approximate surface area is 139 Å². The summed E-state index contributed by atoms with van der Waals surface area (Å²) in [4.78, 5) is 0. The van der Waals surface area contributed by atoms with Gasteiger partial charge in [-0.2, -0.15) is 0 Å². The maximum Gasteiger partial charge on any atom is 0.129 e. The number of aliphatic hydroxyl groups is 1. The number of rotatable bonds is 2. The van der Waals surface area contributed by atoms with E-state index >= 15 is 0 Å². The zero-order valence-corrected chi connectivity index (χ0v) is 13.4. The molecule has 0 heterocycles. The second-order valence-electron chi connectivity index (χ2n) is 3.91. The first-order valence-electron chi connectivity index (χ1n) is 5.29. The molecule has 0 radical (unpaired) electrons. The number of halogens is 6. The van der Waals surface area contributed by atoms with Gasteiger partial charge < -0.3 is 5.11 Å². The van der Waals surface area contributed by atoms with Crippen molar-refractivity contribution in [3.8, 4) is 11.1 Å². The van der Waals surface area contributed by atoms with Crippen LogP contribution in [0.2, 0.25) is 25.1 Å². The van der Waals surface area contributed by atoms with E-state index in [9.17, 15) is 4.39 Å². The van der Waals surface area contributed by atoms with Crippen molar-refractivity contribution in [2.45, 2.75) is 6.61 Å². The predicted octanol–water partition coefficient (Wildman–Crippen LogP) is 6.25. The molecule has 0 spiro atoms. The van der Waals surface area contributed by atoms with Crippen molar-refractivity contribution in [1.82, 2.24) is 0 Å². The molecule has 0 fully saturated rings. The summed E-state index contributed by atoms with van der Waals surface area (Å²) in [6, 6.07) is 4.18. The van der Waals surface area contributed by atoms with Gasteiger partial charge in [0.1, 0.15) is 5.82 Å². The molecule has 0 saturated heterocycles. The molecular weight excluding hydrogens is 368 g/mol. The van der Waals surface area contributed by atoms with E-state index in [4.69, 9.17) is 63.1 Å². The fourth-order valence-electron chi connectivity index (χ4n) is 1.69. The number of benzene rings is 2. The van der Waals surface area contributed by atoms with Gasteiger partial charge in [0.2, 0.25) is 0 Å². The van der Waals surface area contributed by atoms with Crippen LogP contribution in [0.4, 0.5) is 4.39 Å². The lowest BCUT2D eigenvalue weighted by atomic mass is 10.0. The second kappa shape index (κ2) is 6.27. The van der Waals surface area contributed by atoms with E-state index < -0.39 is 12.4 Å². The first kappa shape index (κ1) is 16.2. The molecule has 2 aromatic carbocycles. The average Bonchev–Trinajstić information content (AvgIpc) is 2.43. The van der Waals surface area contributed by atoms with Gasteiger partial charge in [0.15, 0.2) is 0 Å². The van der Waals surface area contributed by atoms with Crippen LogP contribution >= 0.6 is 58.0 Å². The standard InChI is InChI=1S/C13H6Cl5FO/c14-9-8(10(15)12(17)13(18)11(9)16)5-1-2-6(4-20)7(19)3-5/h1-3,20H,4H2. The molecule has 7 heteroatoms. The van der Waals surface area contributed by atoms with Gasteiger partial charge in [-0.3, -0.25) is 0 Å². The lowest BCUT2D eigenvalue weighted by Gasteiger charge is -2.13. The Morgan fingerprint density at radius 2 is 1.35 bits per heavy atom. The third-order valence-electron chi connectivity index (χ3n) is 2.72. The van der Waals surface area contributed by atoms with E-state index in [-0.39, 0.29) is 36.2 Å². The third kappa shape index (κ3) is 2.74. The van der Waals surface area contributed by atoms with Crippen molar-refractivity contribution in [3.63, 3.8) is 0 Å². The molecule has 2 aromatic rings. The summed E-state index contributed by atoms with van der Waals surface area (Å²) in [5.74, 6) is -0.584. The van der Waals surface area contributed by atoms with E-state index in [1.54, 1.807) is 6.07 Å². The van der Waals surface area contributed by atoms with Crippen molar-refractivity contribution >= 4 is 58.0 Å². The predicted molar refractivity (Wildman–Crippen MR) is 82.8 cm³/mol. The third-order valence-corrected chi connectivity index (χ3v) is 5.00. The van der Waals surface area contributed by atoms with Crippen molar-refractivity contribution in [3.05, 3.63) is 54.7 Å². The SMILES string of the molecule is OCc1ccc(-c2c(Cl)c(Cl)c(Cl)c(Cl)c2Cl)cc1F. The Hall–Kier alpha value is -0.220. The van der Waals surface area contributed by atoms with Gasteiger partial charge >= 0.3 is 0 Å². The highest BCUT2D eigenvalue weighted by Gasteiger charge is 2.21. The molecule has 0 aliphatic rings. The van der Waals surface area contributed by atoms with E-state index in [0.717, 1.165) is 0 Å². The van der Waals surface area contributed by atoms with Gasteiger partial charge in [0, 0.05) is 11.1 Å². The van der Waals surface area contributed by atoms with E-state index in [2.05, 4.69) is 0 Å². The van der Waals surface area contributed by atoms with E-state index in [1.807, 2.05) is 0 Å². The van der Waals surface area contributed by atoms with Crippen molar-refractivity contribution in [2.24, 2.45) is 0 Å². The minimum absolute atomic E-state index is 0.0412. The Bertz CT molecular complexity index is 658. The Morgan fingerprint density at radius 1 is 0.850 bits per heavy atom. The van der Waals surface area contributed by atoms with Crippen molar-refractivity contribution < 1.29 is 9.50 Å². The van der Waals surface area contributed by atoms with E-state index in [0.29, 0.717) is 5.56 Å². The van der Waals surface area contributed by atoms with Crippen LogP contribution in [0.5, 0.6) is 0 Å². The maximum atomic E-state index is 13.7. The van der Waals surface area contributed by atoms with Crippen molar-refractivity contribution in [2.75, 3.05) is 0 Å². The Balaban J connectivity index is 2.73. The zero-order valence-electron chi connectivity index (χ0n) is 9.65.